The van der Waals surface area contributed by atoms with Gasteiger partial charge in [0.15, 0.2) is 6.29 Å². The zero-order valence-electron chi connectivity index (χ0n) is 12.9. The van der Waals surface area contributed by atoms with E-state index >= 15 is 0 Å². The van der Waals surface area contributed by atoms with Crippen molar-refractivity contribution in [1.82, 2.24) is 4.57 Å². The standard InChI is InChI=1S/C14H17NO3.C2H6/c1-6-11-10(9-16)8-15(12(11)7-2)13(17)18-14(3,4)5;1-2/h6-9H,1-2H2,3-5H3;1-2H3. The molecular formula is C16H23NO3. The van der Waals surface area contributed by atoms with Crippen molar-refractivity contribution >= 4 is 24.5 Å². The molecule has 110 valence electrons. The number of carbonyl (C=O) groups is 2. The summed E-state index contributed by atoms with van der Waals surface area (Å²) in [6, 6.07) is 0. The molecule has 1 aromatic rings. The zero-order valence-corrected chi connectivity index (χ0v) is 12.9. The van der Waals surface area contributed by atoms with Crippen molar-refractivity contribution in [3.05, 3.63) is 36.2 Å². The molecule has 0 bridgehead atoms. The third-order valence-electron chi connectivity index (χ3n) is 2.23. The Labute approximate surface area is 120 Å². The molecule has 0 radical (unpaired) electrons. The summed E-state index contributed by atoms with van der Waals surface area (Å²) in [5, 5.41) is 0. The number of aromatic nitrogens is 1. The largest absolute Gasteiger partial charge is 0.443 e. The first-order chi connectivity index (χ1) is 9.34. The highest BCUT2D eigenvalue weighted by molar-refractivity contribution is 5.88. The highest BCUT2D eigenvalue weighted by Crippen LogP contribution is 2.20. The Morgan fingerprint density at radius 3 is 2.15 bits per heavy atom. The van der Waals surface area contributed by atoms with Gasteiger partial charge in [-0.2, -0.15) is 0 Å². The molecule has 4 nitrogen and oxygen atoms in total. The van der Waals surface area contributed by atoms with Crippen LogP contribution in [0.25, 0.3) is 12.2 Å². The third kappa shape index (κ3) is 4.23. The van der Waals surface area contributed by atoms with E-state index in [1.807, 2.05) is 13.8 Å². The predicted molar refractivity (Wildman–Crippen MR) is 83.0 cm³/mol. The Balaban J connectivity index is 0.00000172. The monoisotopic (exact) mass is 277 g/mol. The van der Waals surface area contributed by atoms with Gasteiger partial charge in [0.2, 0.25) is 0 Å². The van der Waals surface area contributed by atoms with Crippen LogP contribution in [0.2, 0.25) is 0 Å². The first kappa shape index (κ1) is 17.9. The van der Waals surface area contributed by atoms with Crippen LogP contribution in [0.15, 0.2) is 19.4 Å². The Bertz CT molecular complexity index is 505. The smallest absolute Gasteiger partial charge is 0.419 e. The van der Waals surface area contributed by atoms with Crippen LogP contribution in [-0.2, 0) is 4.74 Å². The van der Waals surface area contributed by atoms with Gasteiger partial charge in [0.1, 0.15) is 5.60 Å². The van der Waals surface area contributed by atoms with Gasteiger partial charge >= 0.3 is 6.09 Å². The summed E-state index contributed by atoms with van der Waals surface area (Å²) in [6.07, 6.45) is 4.56. The number of ether oxygens (including phenoxy) is 1. The first-order valence-electron chi connectivity index (χ1n) is 6.52. The summed E-state index contributed by atoms with van der Waals surface area (Å²) in [7, 11) is 0. The number of hydrogen-bond acceptors (Lipinski definition) is 3. The minimum atomic E-state index is -0.602. The Kier molecular flexibility index (Phi) is 6.69. The molecule has 0 amide bonds. The maximum absolute atomic E-state index is 12.0. The lowest BCUT2D eigenvalue weighted by molar-refractivity contribution is 0.0536. The van der Waals surface area contributed by atoms with E-state index in [0.717, 1.165) is 0 Å². The van der Waals surface area contributed by atoms with Gasteiger partial charge < -0.3 is 4.74 Å². The molecule has 0 saturated carbocycles. The zero-order chi connectivity index (χ0) is 15.9. The molecule has 0 fully saturated rings. The number of hydrogen-bond donors (Lipinski definition) is 0. The summed E-state index contributed by atoms with van der Waals surface area (Å²) in [5.41, 5.74) is 0.855. The fraction of sp³-hybridized carbons (Fsp3) is 0.375. The van der Waals surface area contributed by atoms with E-state index in [2.05, 4.69) is 13.2 Å². The van der Waals surface area contributed by atoms with Crippen molar-refractivity contribution < 1.29 is 14.3 Å². The number of nitrogens with zero attached hydrogens (tertiary/aromatic N) is 1. The van der Waals surface area contributed by atoms with Crippen LogP contribution < -0.4 is 0 Å². The maximum atomic E-state index is 12.0. The molecule has 20 heavy (non-hydrogen) atoms. The van der Waals surface area contributed by atoms with Crippen molar-refractivity contribution in [2.75, 3.05) is 0 Å². The van der Waals surface area contributed by atoms with E-state index in [9.17, 15) is 9.59 Å². The van der Waals surface area contributed by atoms with Crippen LogP contribution in [0.1, 0.15) is 56.2 Å². The van der Waals surface area contributed by atoms with Crippen LogP contribution in [0.3, 0.4) is 0 Å². The van der Waals surface area contributed by atoms with E-state index in [-0.39, 0.29) is 0 Å². The molecule has 1 heterocycles. The molecule has 4 heteroatoms. The second-order valence-corrected chi connectivity index (χ2v) is 4.76. The highest BCUT2D eigenvalue weighted by atomic mass is 16.6. The topological polar surface area (TPSA) is 48.3 Å². The lowest BCUT2D eigenvalue weighted by atomic mass is 10.1. The molecule has 0 aromatic carbocycles. The van der Waals surface area contributed by atoms with Crippen LogP contribution in [-0.4, -0.2) is 22.5 Å². The average Bonchev–Trinajstić information content (AvgIpc) is 2.76. The summed E-state index contributed by atoms with van der Waals surface area (Å²) in [6.45, 7) is 16.6. The SMILES string of the molecule is C=Cc1c(C=O)cn(C(=O)OC(C)(C)C)c1C=C.CC. The van der Waals surface area contributed by atoms with Gasteiger partial charge in [-0.05, 0) is 26.8 Å². The number of carbonyl (C=O) groups excluding carboxylic acids is 2. The van der Waals surface area contributed by atoms with Crippen molar-refractivity contribution in [1.29, 1.82) is 0 Å². The van der Waals surface area contributed by atoms with Crippen molar-refractivity contribution in [3.63, 3.8) is 0 Å². The third-order valence-corrected chi connectivity index (χ3v) is 2.23. The molecule has 1 rings (SSSR count). The van der Waals surface area contributed by atoms with Gasteiger partial charge in [0.05, 0.1) is 5.69 Å². The van der Waals surface area contributed by atoms with Gasteiger partial charge in [-0.1, -0.05) is 33.1 Å². The van der Waals surface area contributed by atoms with Gasteiger partial charge in [-0.25, -0.2) is 4.79 Å². The van der Waals surface area contributed by atoms with E-state index in [1.54, 1.807) is 20.8 Å². The lowest BCUT2D eigenvalue weighted by Gasteiger charge is -2.20. The molecule has 0 aliphatic carbocycles. The van der Waals surface area contributed by atoms with Crippen LogP contribution in [0.5, 0.6) is 0 Å². The number of rotatable bonds is 3. The van der Waals surface area contributed by atoms with Crippen LogP contribution in [0.4, 0.5) is 4.79 Å². The van der Waals surface area contributed by atoms with E-state index < -0.39 is 11.7 Å². The molecule has 0 aliphatic heterocycles. The molecule has 0 spiro atoms. The highest BCUT2D eigenvalue weighted by Gasteiger charge is 2.21. The second-order valence-electron chi connectivity index (χ2n) is 4.76. The van der Waals surface area contributed by atoms with E-state index in [0.29, 0.717) is 23.1 Å². The minimum Gasteiger partial charge on any atom is -0.443 e. The fourth-order valence-electron chi connectivity index (χ4n) is 1.54. The lowest BCUT2D eigenvalue weighted by Crippen LogP contribution is -2.27. The second kappa shape index (κ2) is 7.48. The Morgan fingerprint density at radius 2 is 1.80 bits per heavy atom. The van der Waals surface area contributed by atoms with E-state index in [4.69, 9.17) is 4.74 Å². The average molecular weight is 277 g/mol. The van der Waals surface area contributed by atoms with Crippen molar-refractivity contribution in [2.24, 2.45) is 0 Å². The Morgan fingerprint density at radius 1 is 1.25 bits per heavy atom. The first-order valence-corrected chi connectivity index (χ1v) is 6.52. The normalized spacial score (nSPS) is 10.1. The molecule has 0 atom stereocenters. The molecule has 0 unspecified atom stereocenters. The van der Waals surface area contributed by atoms with Gasteiger partial charge in [0, 0.05) is 17.3 Å². The molecule has 0 saturated heterocycles. The van der Waals surface area contributed by atoms with Crippen molar-refractivity contribution in [3.8, 4) is 0 Å². The predicted octanol–water partition coefficient (Wildman–Crippen LogP) is 4.40. The van der Waals surface area contributed by atoms with Crippen molar-refractivity contribution in [2.45, 2.75) is 40.2 Å². The summed E-state index contributed by atoms with van der Waals surface area (Å²) < 4.78 is 6.51. The summed E-state index contributed by atoms with van der Waals surface area (Å²) in [5.74, 6) is 0. The maximum Gasteiger partial charge on any atom is 0.419 e. The fourth-order valence-corrected chi connectivity index (χ4v) is 1.54. The molecule has 0 aliphatic rings. The molecule has 0 N–H and O–H groups in total. The minimum absolute atomic E-state index is 0.380. The van der Waals surface area contributed by atoms with E-state index in [1.165, 1.54) is 22.9 Å². The molecular weight excluding hydrogens is 254 g/mol. The molecule has 1 aromatic heterocycles. The summed E-state index contributed by atoms with van der Waals surface area (Å²) >= 11 is 0. The van der Waals surface area contributed by atoms with Crippen LogP contribution in [0, 0.1) is 0 Å². The summed E-state index contributed by atoms with van der Waals surface area (Å²) in [4.78, 5) is 22.9. The quantitative estimate of drug-likeness (QED) is 0.769. The Hall–Kier alpha value is -2.10. The van der Waals surface area contributed by atoms with Gasteiger partial charge in [-0.3, -0.25) is 9.36 Å². The van der Waals surface area contributed by atoms with Gasteiger partial charge in [0.25, 0.3) is 0 Å². The van der Waals surface area contributed by atoms with Gasteiger partial charge in [-0.15, -0.1) is 0 Å². The van der Waals surface area contributed by atoms with Crippen LogP contribution >= 0.6 is 0 Å². The number of aldehydes is 1.